The van der Waals surface area contributed by atoms with E-state index in [1.165, 1.54) is 12.8 Å². The average molecular weight is 988 g/mol. The predicted octanol–water partition coefficient (Wildman–Crippen LogP) is 1.36. The Morgan fingerprint density at radius 2 is 1.01 bits per heavy atom. The number of rotatable bonds is 33. The minimum atomic E-state index is -1.98. The van der Waals surface area contributed by atoms with E-state index in [1.807, 2.05) is 0 Å². The van der Waals surface area contributed by atoms with Gasteiger partial charge in [-0.3, -0.25) is 4.79 Å². The highest BCUT2D eigenvalue weighted by atomic mass is 16.8. The molecule has 398 valence electrons. The largest absolute Gasteiger partial charge is 0.394 e. The van der Waals surface area contributed by atoms with Crippen molar-refractivity contribution in [2.75, 3.05) is 26.4 Å². The third-order valence-electron chi connectivity index (χ3n) is 12.3. The maximum absolute atomic E-state index is 13.2. The van der Waals surface area contributed by atoms with Gasteiger partial charge < -0.3 is 89.9 Å². The monoisotopic (exact) mass is 988 g/mol. The molecule has 0 spiro atoms. The number of amides is 1. The molecule has 0 aromatic rings. The maximum atomic E-state index is 13.2. The lowest BCUT2D eigenvalue weighted by Gasteiger charge is -2.48. The number of hydrogen-bond acceptors (Lipinski definition) is 18. The molecule has 3 aliphatic heterocycles. The molecule has 69 heavy (non-hydrogen) atoms. The van der Waals surface area contributed by atoms with Crippen LogP contribution in [0.3, 0.4) is 0 Å². The molecule has 3 rings (SSSR count). The molecular formula is C50H85NO18. The number of aliphatic hydroxyl groups excluding tert-OH is 11. The fourth-order valence-electron chi connectivity index (χ4n) is 8.07. The summed E-state index contributed by atoms with van der Waals surface area (Å²) in [6, 6.07) is -1.00. The van der Waals surface area contributed by atoms with Gasteiger partial charge >= 0.3 is 0 Å². The number of hydrogen-bond donors (Lipinski definition) is 12. The summed E-state index contributed by atoms with van der Waals surface area (Å²) in [5.41, 5.74) is 0. The van der Waals surface area contributed by atoms with Gasteiger partial charge in [-0.25, -0.2) is 0 Å². The highest BCUT2D eigenvalue weighted by Gasteiger charge is 2.53. The summed E-state index contributed by atoms with van der Waals surface area (Å²) in [7, 11) is 0. The van der Waals surface area contributed by atoms with E-state index < -0.39 is 124 Å². The number of ether oxygens (including phenoxy) is 6. The van der Waals surface area contributed by atoms with Crippen molar-refractivity contribution in [2.45, 2.75) is 221 Å². The molecule has 0 bridgehead atoms. The fraction of sp³-hybridized carbons (Fsp3) is 0.780. The second-order valence-corrected chi connectivity index (χ2v) is 17.9. The smallest absolute Gasteiger partial charge is 0.220 e. The van der Waals surface area contributed by atoms with Crippen LogP contribution in [0.5, 0.6) is 0 Å². The average Bonchev–Trinajstić information content (AvgIpc) is 3.34. The van der Waals surface area contributed by atoms with Crippen molar-refractivity contribution in [1.29, 1.82) is 0 Å². The summed E-state index contributed by atoms with van der Waals surface area (Å²) < 4.78 is 34.0. The van der Waals surface area contributed by atoms with Crippen LogP contribution in [0, 0.1) is 0 Å². The Hall–Kier alpha value is -2.51. The number of carbonyl (C=O) groups excluding carboxylic acids is 1. The van der Waals surface area contributed by atoms with Crippen LogP contribution in [0.2, 0.25) is 0 Å². The Morgan fingerprint density at radius 3 is 1.59 bits per heavy atom. The first-order valence-electron chi connectivity index (χ1n) is 25.0. The minimum Gasteiger partial charge on any atom is -0.394 e. The van der Waals surface area contributed by atoms with E-state index in [4.69, 9.17) is 28.4 Å². The van der Waals surface area contributed by atoms with Crippen molar-refractivity contribution in [2.24, 2.45) is 0 Å². The summed E-state index contributed by atoms with van der Waals surface area (Å²) in [5.74, 6) is -0.312. The van der Waals surface area contributed by atoms with Crippen LogP contribution in [0.25, 0.3) is 0 Å². The molecule has 12 N–H and O–H groups in total. The van der Waals surface area contributed by atoms with E-state index >= 15 is 0 Å². The van der Waals surface area contributed by atoms with Crippen LogP contribution in [0.15, 0.2) is 60.8 Å². The van der Waals surface area contributed by atoms with Crippen molar-refractivity contribution in [3.05, 3.63) is 60.8 Å². The molecular weight excluding hydrogens is 903 g/mol. The summed E-state index contributed by atoms with van der Waals surface area (Å²) in [4.78, 5) is 13.2. The number of allylic oxidation sites excluding steroid dienone is 9. The molecule has 19 nitrogen and oxygen atoms in total. The first-order chi connectivity index (χ1) is 33.3. The molecule has 0 aromatic heterocycles. The minimum absolute atomic E-state index is 0.212. The van der Waals surface area contributed by atoms with E-state index in [1.54, 1.807) is 12.2 Å². The van der Waals surface area contributed by atoms with Crippen LogP contribution in [0.4, 0.5) is 0 Å². The van der Waals surface area contributed by atoms with Crippen LogP contribution in [0.1, 0.15) is 117 Å². The van der Waals surface area contributed by atoms with Gasteiger partial charge in [0.2, 0.25) is 5.91 Å². The molecule has 3 saturated heterocycles. The van der Waals surface area contributed by atoms with E-state index in [9.17, 15) is 61.0 Å². The number of aliphatic hydroxyl groups is 11. The molecule has 3 fully saturated rings. The highest BCUT2D eigenvalue weighted by Crippen LogP contribution is 2.33. The van der Waals surface area contributed by atoms with Crippen molar-refractivity contribution in [1.82, 2.24) is 5.32 Å². The lowest BCUT2D eigenvalue weighted by atomic mass is 9.96. The Kier molecular flexibility index (Phi) is 30.6. The van der Waals surface area contributed by atoms with Gasteiger partial charge in [0.25, 0.3) is 0 Å². The quantitative estimate of drug-likeness (QED) is 0.0326. The number of unbranched alkanes of at least 4 members (excludes halogenated alkanes) is 9. The second kappa shape index (κ2) is 34.8. The molecule has 1 amide bonds. The van der Waals surface area contributed by atoms with E-state index in [0.29, 0.717) is 12.8 Å². The van der Waals surface area contributed by atoms with Crippen LogP contribution in [-0.4, -0.2) is 193 Å². The lowest BCUT2D eigenvalue weighted by molar-refractivity contribution is -0.379. The van der Waals surface area contributed by atoms with Gasteiger partial charge in [-0.2, -0.15) is 0 Å². The van der Waals surface area contributed by atoms with Gasteiger partial charge in [0, 0.05) is 6.42 Å². The standard InChI is InChI=1S/C50H85NO18/c1-3-5-7-9-11-13-15-16-17-18-20-22-24-26-28-38(56)51-33(34(55)27-25-23-21-19-14-12-10-8-6-4-2)32-64-48-44(62)41(59)46(36(30-53)66-48)69-50-45(63)42(60)47(37(31-54)67-50)68-49-43(61)40(58)39(57)35(29-52)65-49/h6,8-9,11,14-16,19,25,27,33-37,39-50,52-55,57-63H,3-5,7,10,12-13,17-18,20-24,26,28-32H2,1-2H3,(H,51,56)/b8-6+,11-9-,16-15-,19-14+,27-25+. The Balaban J connectivity index is 1.58. The molecule has 0 saturated carbocycles. The third-order valence-corrected chi connectivity index (χ3v) is 12.3. The maximum Gasteiger partial charge on any atom is 0.220 e. The Bertz CT molecular complexity index is 1510. The van der Waals surface area contributed by atoms with Crippen molar-refractivity contribution in [3.8, 4) is 0 Å². The SMILES string of the molecule is CC/C=C/CC/C=C/CC/C=C/C(O)C(COC1OC(CO)C(OC2OC(CO)C(OC3OC(CO)C(O)C(O)C3O)C(O)C2O)C(O)C1O)NC(=O)CCCCCCC/C=C\C/C=C\CCCC. The molecule has 19 heteroatoms. The summed E-state index contributed by atoms with van der Waals surface area (Å²) in [5, 5.41) is 119. The highest BCUT2D eigenvalue weighted by molar-refractivity contribution is 5.76. The topological polar surface area (TPSA) is 307 Å². The molecule has 17 atom stereocenters. The molecule has 0 radical (unpaired) electrons. The van der Waals surface area contributed by atoms with Gasteiger partial charge in [-0.05, 0) is 64.2 Å². The zero-order valence-electron chi connectivity index (χ0n) is 40.5. The normalized spacial score (nSPS) is 33.4. The Labute approximate surface area is 407 Å². The van der Waals surface area contributed by atoms with Gasteiger partial charge in [-0.1, -0.05) is 107 Å². The van der Waals surface area contributed by atoms with E-state index in [2.05, 4.69) is 67.8 Å². The van der Waals surface area contributed by atoms with Crippen molar-refractivity contribution < 1.29 is 89.4 Å². The molecule has 17 unspecified atom stereocenters. The summed E-state index contributed by atoms with van der Waals surface area (Å²) >= 11 is 0. The Morgan fingerprint density at radius 1 is 0.536 bits per heavy atom. The number of carbonyl (C=O) groups is 1. The third kappa shape index (κ3) is 20.9. The van der Waals surface area contributed by atoms with Crippen LogP contribution >= 0.6 is 0 Å². The van der Waals surface area contributed by atoms with Crippen molar-refractivity contribution in [3.63, 3.8) is 0 Å². The van der Waals surface area contributed by atoms with Crippen LogP contribution < -0.4 is 5.32 Å². The van der Waals surface area contributed by atoms with Gasteiger partial charge in [0.15, 0.2) is 18.9 Å². The zero-order chi connectivity index (χ0) is 50.6. The first kappa shape index (κ1) is 60.8. The van der Waals surface area contributed by atoms with Crippen LogP contribution in [-0.2, 0) is 33.2 Å². The van der Waals surface area contributed by atoms with Gasteiger partial charge in [0.05, 0.1) is 38.6 Å². The zero-order valence-corrected chi connectivity index (χ0v) is 40.5. The first-order valence-corrected chi connectivity index (χ1v) is 25.0. The lowest BCUT2D eigenvalue weighted by Crippen LogP contribution is -2.66. The predicted molar refractivity (Wildman–Crippen MR) is 254 cm³/mol. The van der Waals surface area contributed by atoms with E-state index in [0.717, 1.165) is 70.6 Å². The second-order valence-electron chi connectivity index (χ2n) is 17.9. The molecule has 3 aliphatic rings. The molecule has 0 aromatic carbocycles. The van der Waals surface area contributed by atoms with Gasteiger partial charge in [0.1, 0.15) is 73.2 Å². The van der Waals surface area contributed by atoms with E-state index in [-0.39, 0.29) is 18.9 Å². The fourth-order valence-corrected chi connectivity index (χ4v) is 8.07. The number of nitrogens with one attached hydrogen (secondary N) is 1. The molecule has 3 heterocycles. The summed E-state index contributed by atoms with van der Waals surface area (Å²) in [6.45, 7) is 1.45. The summed E-state index contributed by atoms with van der Waals surface area (Å²) in [6.07, 6.45) is 8.19. The molecule has 0 aliphatic carbocycles. The van der Waals surface area contributed by atoms with Gasteiger partial charge in [-0.15, -0.1) is 0 Å². The van der Waals surface area contributed by atoms with Crippen molar-refractivity contribution >= 4 is 5.91 Å².